The molecule has 0 atom stereocenters. The van der Waals surface area contributed by atoms with Crippen molar-refractivity contribution in [3.63, 3.8) is 0 Å². The minimum atomic E-state index is 0.696. The molecule has 2 aromatic rings. The van der Waals surface area contributed by atoms with Gasteiger partial charge < -0.3 is 15.4 Å². The minimum Gasteiger partial charge on any atom is -0.497 e. The summed E-state index contributed by atoms with van der Waals surface area (Å²) in [4.78, 5) is 8.51. The van der Waals surface area contributed by atoms with Gasteiger partial charge in [0.1, 0.15) is 11.6 Å². The number of nitrogens with zero attached hydrogens (tertiary/aromatic N) is 2. The van der Waals surface area contributed by atoms with E-state index in [0.717, 1.165) is 23.8 Å². The van der Waals surface area contributed by atoms with E-state index in [0.29, 0.717) is 5.82 Å². The summed E-state index contributed by atoms with van der Waals surface area (Å²) < 4.78 is 5.17. The van der Waals surface area contributed by atoms with Crippen LogP contribution in [0.25, 0.3) is 0 Å². The molecule has 1 aromatic carbocycles. The maximum atomic E-state index is 5.17. The quantitative estimate of drug-likeness (QED) is 0.846. The van der Waals surface area contributed by atoms with E-state index in [-0.39, 0.29) is 0 Å². The summed E-state index contributed by atoms with van der Waals surface area (Å²) >= 11 is 0. The second-order valence-electron chi connectivity index (χ2n) is 3.68. The van der Waals surface area contributed by atoms with E-state index in [1.807, 2.05) is 31.2 Å². The third-order valence-electron chi connectivity index (χ3n) is 2.33. The maximum absolute atomic E-state index is 5.17. The van der Waals surface area contributed by atoms with Crippen molar-refractivity contribution >= 4 is 17.3 Å². The van der Waals surface area contributed by atoms with Gasteiger partial charge in [-0.25, -0.2) is 4.98 Å². The first-order valence-corrected chi connectivity index (χ1v) is 5.79. The molecule has 0 saturated carbocycles. The number of aromatic nitrogens is 2. The van der Waals surface area contributed by atoms with Crippen molar-refractivity contribution in [2.75, 3.05) is 24.3 Å². The van der Waals surface area contributed by atoms with Crippen molar-refractivity contribution in [1.29, 1.82) is 0 Å². The highest BCUT2D eigenvalue weighted by molar-refractivity contribution is 5.58. The molecule has 2 N–H and O–H groups in total. The Labute approximate surface area is 106 Å². The molecule has 0 radical (unpaired) electrons. The lowest BCUT2D eigenvalue weighted by atomic mass is 10.3. The highest BCUT2D eigenvalue weighted by Crippen LogP contribution is 2.20. The number of rotatable bonds is 5. The molecule has 5 heteroatoms. The molecule has 0 aliphatic rings. The van der Waals surface area contributed by atoms with Gasteiger partial charge in [0.15, 0.2) is 5.82 Å². The van der Waals surface area contributed by atoms with Crippen LogP contribution in [0, 0.1) is 0 Å². The molecule has 18 heavy (non-hydrogen) atoms. The standard InChI is InChI=1S/C13H16N4O/c1-3-15-12-8-14-9-13(17-12)16-10-5-4-6-11(7-10)18-2/h4-9H,3H2,1-2H3,(H2,15,16,17). The van der Waals surface area contributed by atoms with Gasteiger partial charge in [0, 0.05) is 18.3 Å². The molecule has 2 rings (SSSR count). The number of anilines is 3. The molecular weight excluding hydrogens is 228 g/mol. The van der Waals surface area contributed by atoms with Crippen LogP contribution in [-0.2, 0) is 0 Å². The zero-order valence-corrected chi connectivity index (χ0v) is 10.5. The first-order chi connectivity index (χ1) is 8.81. The third-order valence-corrected chi connectivity index (χ3v) is 2.33. The fourth-order valence-electron chi connectivity index (χ4n) is 1.54. The van der Waals surface area contributed by atoms with Gasteiger partial charge >= 0.3 is 0 Å². The molecule has 0 unspecified atom stereocenters. The summed E-state index contributed by atoms with van der Waals surface area (Å²) in [7, 11) is 1.64. The molecular formula is C13H16N4O. The lowest BCUT2D eigenvalue weighted by Crippen LogP contribution is -2.02. The highest BCUT2D eigenvalue weighted by atomic mass is 16.5. The number of ether oxygens (including phenoxy) is 1. The average Bonchev–Trinajstić information content (AvgIpc) is 2.40. The van der Waals surface area contributed by atoms with Crippen LogP contribution in [0.5, 0.6) is 5.75 Å². The second-order valence-corrected chi connectivity index (χ2v) is 3.68. The van der Waals surface area contributed by atoms with Crippen LogP contribution in [-0.4, -0.2) is 23.6 Å². The fourth-order valence-corrected chi connectivity index (χ4v) is 1.54. The Morgan fingerprint density at radius 2 is 2.06 bits per heavy atom. The zero-order valence-electron chi connectivity index (χ0n) is 10.5. The Hall–Kier alpha value is -2.30. The molecule has 0 amide bonds. The van der Waals surface area contributed by atoms with Crippen molar-refractivity contribution < 1.29 is 4.74 Å². The van der Waals surface area contributed by atoms with Crippen LogP contribution < -0.4 is 15.4 Å². The van der Waals surface area contributed by atoms with E-state index < -0.39 is 0 Å². The van der Waals surface area contributed by atoms with E-state index >= 15 is 0 Å². The Morgan fingerprint density at radius 3 is 2.83 bits per heavy atom. The molecule has 0 saturated heterocycles. The zero-order chi connectivity index (χ0) is 12.8. The van der Waals surface area contributed by atoms with Gasteiger partial charge in [-0.1, -0.05) is 6.07 Å². The molecule has 0 bridgehead atoms. The van der Waals surface area contributed by atoms with Crippen LogP contribution in [0.2, 0.25) is 0 Å². The largest absolute Gasteiger partial charge is 0.497 e. The predicted octanol–water partition coefficient (Wildman–Crippen LogP) is 2.66. The van der Waals surface area contributed by atoms with Crippen molar-refractivity contribution in [3.05, 3.63) is 36.7 Å². The summed E-state index contributed by atoms with van der Waals surface area (Å²) in [6.07, 6.45) is 3.38. The first-order valence-electron chi connectivity index (χ1n) is 5.79. The van der Waals surface area contributed by atoms with Crippen molar-refractivity contribution in [1.82, 2.24) is 9.97 Å². The van der Waals surface area contributed by atoms with Gasteiger partial charge in [-0.3, -0.25) is 4.98 Å². The molecule has 0 spiro atoms. The lowest BCUT2D eigenvalue weighted by molar-refractivity contribution is 0.415. The van der Waals surface area contributed by atoms with E-state index in [1.165, 1.54) is 0 Å². The molecule has 1 heterocycles. The number of methoxy groups -OCH3 is 1. The van der Waals surface area contributed by atoms with Gasteiger partial charge in [0.2, 0.25) is 0 Å². The number of nitrogens with one attached hydrogen (secondary N) is 2. The van der Waals surface area contributed by atoms with Gasteiger partial charge in [0.05, 0.1) is 19.5 Å². The Kier molecular flexibility index (Phi) is 3.96. The summed E-state index contributed by atoms with van der Waals surface area (Å²) in [6, 6.07) is 7.67. The average molecular weight is 244 g/mol. The smallest absolute Gasteiger partial charge is 0.151 e. The van der Waals surface area contributed by atoms with E-state index in [4.69, 9.17) is 4.74 Å². The van der Waals surface area contributed by atoms with Gasteiger partial charge in [0.25, 0.3) is 0 Å². The Balaban J connectivity index is 2.14. The Morgan fingerprint density at radius 1 is 1.22 bits per heavy atom. The fraction of sp³-hybridized carbons (Fsp3) is 0.231. The van der Waals surface area contributed by atoms with Gasteiger partial charge in [-0.15, -0.1) is 0 Å². The number of hydrogen-bond acceptors (Lipinski definition) is 5. The third kappa shape index (κ3) is 3.10. The summed E-state index contributed by atoms with van der Waals surface area (Å²) in [5.74, 6) is 2.25. The summed E-state index contributed by atoms with van der Waals surface area (Å²) in [5.41, 5.74) is 0.914. The van der Waals surface area contributed by atoms with E-state index in [2.05, 4.69) is 20.6 Å². The normalized spacial score (nSPS) is 9.89. The van der Waals surface area contributed by atoms with Crippen LogP contribution in [0.4, 0.5) is 17.3 Å². The van der Waals surface area contributed by atoms with Gasteiger partial charge in [-0.2, -0.15) is 0 Å². The summed E-state index contributed by atoms with van der Waals surface area (Å²) in [5, 5.41) is 6.30. The maximum Gasteiger partial charge on any atom is 0.151 e. The monoisotopic (exact) mass is 244 g/mol. The van der Waals surface area contributed by atoms with Crippen molar-refractivity contribution in [2.45, 2.75) is 6.92 Å². The summed E-state index contributed by atoms with van der Waals surface area (Å²) in [6.45, 7) is 2.83. The molecule has 1 aromatic heterocycles. The molecule has 94 valence electrons. The van der Waals surface area contributed by atoms with E-state index in [1.54, 1.807) is 19.5 Å². The van der Waals surface area contributed by atoms with Gasteiger partial charge in [-0.05, 0) is 19.1 Å². The SMILES string of the molecule is CCNc1cncc(Nc2cccc(OC)c2)n1. The van der Waals surface area contributed by atoms with Crippen molar-refractivity contribution in [3.8, 4) is 5.75 Å². The predicted molar refractivity (Wildman–Crippen MR) is 72.5 cm³/mol. The Bertz CT molecular complexity index is 516. The lowest BCUT2D eigenvalue weighted by Gasteiger charge is -2.08. The topological polar surface area (TPSA) is 59.1 Å². The minimum absolute atomic E-state index is 0.696. The van der Waals surface area contributed by atoms with Crippen molar-refractivity contribution in [2.24, 2.45) is 0 Å². The molecule has 0 aliphatic heterocycles. The van der Waals surface area contributed by atoms with Crippen LogP contribution in [0.3, 0.4) is 0 Å². The van der Waals surface area contributed by atoms with Crippen LogP contribution in [0.15, 0.2) is 36.7 Å². The van der Waals surface area contributed by atoms with Crippen LogP contribution in [0.1, 0.15) is 6.92 Å². The first kappa shape index (κ1) is 12.2. The van der Waals surface area contributed by atoms with Crippen LogP contribution >= 0.6 is 0 Å². The highest BCUT2D eigenvalue weighted by Gasteiger charge is 2.00. The molecule has 0 fully saturated rings. The number of benzene rings is 1. The van der Waals surface area contributed by atoms with E-state index in [9.17, 15) is 0 Å². The second kappa shape index (κ2) is 5.86. The molecule has 0 aliphatic carbocycles. The molecule has 5 nitrogen and oxygen atoms in total. The number of hydrogen-bond donors (Lipinski definition) is 2.